The van der Waals surface area contributed by atoms with Crippen molar-refractivity contribution in [3.63, 3.8) is 0 Å². The Kier molecular flexibility index (Phi) is 5.68. The van der Waals surface area contributed by atoms with Crippen LogP contribution in [0, 0.1) is 0 Å². The molecule has 1 N–H and O–H groups in total. The first-order chi connectivity index (χ1) is 10.5. The van der Waals surface area contributed by atoms with E-state index in [1.54, 1.807) is 0 Å². The highest BCUT2D eigenvalue weighted by molar-refractivity contribution is 7.89. The van der Waals surface area contributed by atoms with Gasteiger partial charge in [0.05, 0.1) is 5.75 Å². The highest BCUT2D eigenvalue weighted by Crippen LogP contribution is 2.19. The monoisotopic (exact) mass is 323 g/mol. The zero-order valence-electron chi connectivity index (χ0n) is 12.9. The molecule has 0 radical (unpaired) electrons. The van der Waals surface area contributed by atoms with E-state index in [1.807, 2.05) is 31.2 Å². The first-order valence-corrected chi connectivity index (χ1v) is 9.08. The Morgan fingerprint density at radius 2 is 2.05 bits per heavy atom. The molecular formula is C15H21N3O3S. The summed E-state index contributed by atoms with van der Waals surface area (Å²) in [6, 6.07) is 7.44. The second kappa shape index (κ2) is 7.51. The Labute approximate surface area is 131 Å². The fraction of sp³-hybridized carbons (Fsp3) is 0.467. The number of hydrogen-bond acceptors (Lipinski definition) is 5. The van der Waals surface area contributed by atoms with E-state index in [2.05, 4.69) is 21.8 Å². The van der Waals surface area contributed by atoms with Crippen LogP contribution in [-0.4, -0.2) is 24.3 Å². The summed E-state index contributed by atoms with van der Waals surface area (Å²) >= 11 is 0. The van der Waals surface area contributed by atoms with Crippen LogP contribution in [0.4, 0.5) is 0 Å². The van der Waals surface area contributed by atoms with Crippen LogP contribution in [0.15, 0.2) is 28.8 Å². The minimum Gasteiger partial charge on any atom is -0.334 e. The first-order valence-electron chi connectivity index (χ1n) is 7.43. The minimum atomic E-state index is -3.21. The normalized spacial score (nSPS) is 11.7. The molecule has 2 rings (SSSR count). The molecule has 1 heterocycles. The van der Waals surface area contributed by atoms with Crippen LogP contribution in [0.1, 0.15) is 38.1 Å². The second-order valence-corrected chi connectivity index (χ2v) is 7.03. The average molecular weight is 323 g/mol. The average Bonchev–Trinajstić information content (AvgIpc) is 2.95. The van der Waals surface area contributed by atoms with E-state index in [9.17, 15) is 8.42 Å². The van der Waals surface area contributed by atoms with Crippen LogP contribution < -0.4 is 4.72 Å². The number of rotatable bonds is 8. The van der Waals surface area contributed by atoms with E-state index in [0.29, 0.717) is 18.1 Å². The van der Waals surface area contributed by atoms with Crippen molar-refractivity contribution >= 4 is 10.0 Å². The molecule has 22 heavy (non-hydrogen) atoms. The van der Waals surface area contributed by atoms with Gasteiger partial charge >= 0.3 is 0 Å². The summed E-state index contributed by atoms with van der Waals surface area (Å²) in [5.41, 5.74) is 1.65. The minimum absolute atomic E-state index is 0.136. The molecule has 0 fully saturated rings. The molecule has 0 amide bonds. The van der Waals surface area contributed by atoms with Crippen LogP contribution in [0.2, 0.25) is 0 Å². The number of benzene rings is 1. The van der Waals surface area contributed by atoms with Crippen LogP contribution in [0.5, 0.6) is 0 Å². The highest BCUT2D eigenvalue weighted by Gasteiger charge is 2.11. The SMILES string of the molecule is CCCc1noc(-c2cccc(CNS(=O)(=O)CCC)c2)n1. The molecule has 0 saturated carbocycles. The Morgan fingerprint density at radius 3 is 2.77 bits per heavy atom. The van der Waals surface area contributed by atoms with E-state index >= 15 is 0 Å². The third kappa shape index (κ3) is 4.64. The maximum atomic E-state index is 11.7. The highest BCUT2D eigenvalue weighted by atomic mass is 32.2. The van der Waals surface area contributed by atoms with E-state index in [-0.39, 0.29) is 12.3 Å². The lowest BCUT2D eigenvalue weighted by Crippen LogP contribution is -2.25. The maximum absolute atomic E-state index is 11.7. The Morgan fingerprint density at radius 1 is 1.23 bits per heavy atom. The molecule has 1 aromatic heterocycles. The Hall–Kier alpha value is -1.73. The maximum Gasteiger partial charge on any atom is 0.257 e. The van der Waals surface area contributed by atoms with Gasteiger partial charge in [-0.15, -0.1) is 0 Å². The number of nitrogens with one attached hydrogen (secondary N) is 1. The Balaban J connectivity index is 2.09. The van der Waals surface area contributed by atoms with Gasteiger partial charge in [-0.05, 0) is 30.5 Å². The summed E-state index contributed by atoms with van der Waals surface area (Å²) in [6.07, 6.45) is 2.33. The summed E-state index contributed by atoms with van der Waals surface area (Å²) in [4.78, 5) is 4.33. The van der Waals surface area contributed by atoms with E-state index < -0.39 is 10.0 Å². The summed E-state index contributed by atoms with van der Waals surface area (Å²) in [5.74, 6) is 1.28. The summed E-state index contributed by atoms with van der Waals surface area (Å²) in [5, 5.41) is 3.92. The molecule has 0 bridgehead atoms. The van der Waals surface area contributed by atoms with Gasteiger partial charge in [-0.2, -0.15) is 4.98 Å². The predicted molar refractivity (Wildman–Crippen MR) is 84.6 cm³/mol. The fourth-order valence-corrected chi connectivity index (χ4v) is 3.11. The lowest BCUT2D eigenvalue weighted by molar-refractivity contribution is 0.422. The molecular weight excluding hydrogens is 302 g/mol. The standard InChI is InChI=1S/C15H21N3O3S/c1-3-6-14-17-15(21-18-14)13-8-5-7-12(10-13)11-16-22(19,20)9-4-2/h5,7-8,10,16H,3-4,6,9,11H2,1-2H3. The molecule has 0 aliphatic carbocycles. The lowest BCUT2D eigenvalue weighted by atomic mass is 10.1. The molecule has 7 heteroatoms. The van der Waals surface area contributed by atoms with Gasteiger partial charge in [-0.1, -0.05) is 31.1 Å². The van der Waals surface area contributed by atoms with Crippen molar-refractivity contribution in [2.45, 2.75) is 39.7 Å². The van der Waals surface area contributed by atoms with Gasteiger partial charge in [0.15, 0.2) is 5.82 Å². The van der Waals surface area contributed by atoms with Crippen molar-refractivity contribution in [1.29, 1.82) is 0 Å². The van der Waals surface area contributed by atoms with E-state index in [1.165, 1.54) is 0 Å². The first kappa shape index (κ1) is 16.6. The van der Waals surface area contributed by atoms with Crippen molar-refractivity contribution < 1.29 is 12.9 Å². The van der Waals surface area contributed by atoms with Gasteiger partial charge in [-0.3, -0.25) is 0 Å². The van der Waals surface area contributed by atoms with Crippen LogP contribution in [0.3, 0.4) is 0 Å². The summed E-state index contributed by atoms with van der Waals surface area (Å²) in [7, 11) is -3.21. The summed E-state index contributed by atoms with van der Waals surface area (Å²) < 4.78 is 31.2. The molecule has 6 nitrogen and oxygen atoms in total. The Bertz CT molecular complexity index is 710. The van der Waals surface area contributed by atoms with Gasteiger partial charge in [0.1, 0.15) is 0 Å². The van der Waals surface area contributed by atoms with E-state index in [0.717, 1.165) is 24.0 Å². The molecule has 0 atom stereocenters. The van der Waals surface area contributed by atoms with Gasteiger partial charge in [0.2, 0.25) is 10.0 Å². The van der Waals surface area contributed by atoms with Crippen molar-refractivity contribution in [3.05, 3.63) is 35.7 Å². The topological polar surface area (TPSA) is 85.1 Å². The number of aromatic nitrogens is 2. The van der Waals surface area contributed by atoms with Crippen molar-refractivity contribution in [2.75, 3.05) is 5.75 Å². The molecule has 1 aromatic carbocycles. The van der Waals surface area contributed by atoms with Crippen molar-refractivity contribution in [2.24, 2.45) is 0 Å². The lowest BCUT2D eigenvalue weighted by Gasteiger charge is -2.06. The van der Waals surface area contributed by atoms with Gasteiger partial charge in [0, 0.05) is 18.5 Å². The smallest absolute Gasteiger partial charge is 0.257 e. The van der Waals surface area contributed by atoms with Gasteiger partial charge in [-0.25, -0.2) is 13.1 Å². The quantitative estimate of drug-likeness (QED) is 0.807. The number of aryl methyl sites for hydroxylation is 1. The molecule has 0 aliphatic rings. The van der Waals surface area contributed by atoms with Crippen LogP contribution in [0.25, 0.3) is 11.5 Å². The molecule has 2 aromatic rings. The summed E-state index contributed by atoms with van der Waals surface area (Å²) in [6.45, 7) is 4.15. The number of sulfonamides is 1. The van der Waals surface area contributed by atoms with Crippen LogP contribution in [-0.2, 0) is 23.0 Å². The predicted octanol–water partition coefficient (Wildman–Crippen LogP) is 2.52. The largest absolute Gasteiger partial charge is 0.334 e. The molecule has 120 valence electrons. The van der Waals surface area contributed by atoms with Crippen LogP contribution >= 0.6 is 0 Å². The van der Waals surface area contributed by atoms with Gasteiger partial charge in [0.25, 0.3) is 5.89 Å². The second-order valence-electron chi connectivity index (χ2n) is 5.11. The molecule has 0 spiro atoms. The fourth-order valence-electron chi connectivity index (χ4n) is 2.04. The number of hydrogen-bond donors (Lipinski definition) is 1. The molecule has 0 aliphatic heterocycles. The van der Waals surface area contributed by atoms with E-state index in [4.69, 9.17) is 4.52 Å². The molecule has 0 saturated heterocycles. The third-order valence-corrected chi connectivity index (χ3v) is 4.61. The van der Waals surface area contributed by atoms with Crippen molar-refractivity contribution in [3.8, 4) is 11.5 Å². The third-order valence-electron chi connectivity index (χ3n) is 3.08. The van der Waals surface area contributed by atoms with Crippen molar-refractivity contribution in [1.82, 2.24) is 14.9 Å². The zero-order valence-corrected chi connectivity index (χ0v) is 13.7. The zero-order chi connectivity index (χ0) is 16.0. The van der Waals surface area contributed by atoms with Gasteiger partial charge < -0.3 is 4.52 Å². The molecule has 0 unspecified atom stereocenters. The number of nitrogens with zero attached hydrogens (tertiary/aromatic N) is 2.